The van der Waals surface area contributed by atoms with Crippen LogP contribution in [0.1, 0.15) is 18.1 Å². The number of benzene rings is 3. The number of nitrogens with two attached hydrogens (primary N) is 1. The number of carbonyl (C=O) groups is 1. The molecule has 0 spiro atoms. The van der Waals surface area contributed by atoms with Crippen LogP contribution in [0.4, 0.5) is 11.4 Å². The number of sulfone groups is 1. The first-order valence-corrected chi connectivity index (χ1v) is 12.7. The van der Waals surface area contributed by atoms with Gasteiger partial charge in [-0.3, -0.25) is 9.69 Å². The summed E-state index contributed by atoms with van der Waals surface area (Å²) in [6.07, 6.45) is 0. The number of anilines is 2. The smallest absolute Gasteiger partial charge is 0.254 e. The van der Waals surface area contributed by atoms with E-state index >= 15 is 0 Å². The molecule has 10 heteroatoms. The number of hydrogen-bond acceptors (Lipinski definition) is 7. The van der Waals surface area contributed by atoms with Crippen LogP contribution < -0.4 is 20.5 Å². The molecule has 1 amide bonds. The van der Waals surface area contributed by atoms with E-state index in [1.165, 1.54) is 31.4 Å². The molecule has 0 fully saturated rings. The summed E-state index contributed by atoms with van der Waals surface area (Å²) < 4.78 is 39.0. The lowest BCUT2D eigenvalue weighted by Gasteiger charge is -2.35. The van der Waals surface area contributed by atoms with Crippen LogP contribution >= 0.6 is 11.6 Å². The molecule has 3 N–H and O–H groups in total. The summed E-state index contributed by atoms with van der Waals surface area (Å²) in [6.45, 7) is 2.09. The lowest BCUT2D eigenvalue weighted by atomic mass is 9.82. The minimum atomic E-state index is -4.18. The third-order valence-electron chi connectivity index (χ3n) is 6.04. The van der Waals surface area contributed by atoms with Crippen LogP contribution in [0.3, 0.4) is 0 Å². The Labute approximate surface area is 209 Å². The van der Waals surface area contributed by atoms with E-state index in [0.717, 1.165) is 0 Å². The first kappa shape index (κ1) is 24.8. The molecule has 184 valence electrons. The molecule has 1 aliphatic rings. The molecule has 1 unspecified atom stereocenters. The fraction of sp³-hybridized carbons (Fsp3) is 0.240. The Balaban J connectivity index is 2.08. The molecule has 0 saturated heterocycles. The van der Waals surface area contributed by atoms with E-state index in [9.17, 15) is 13.2 Å². The number of nitrogens with zero attached hydrogens (tertiary/aromatic N) is 1. The largest absolute Gasteiger partial charge is 0.495 e. The first-order valence-electron chi connectivity index (χ1n) is 10.8. The van der Waals surface area contributed by atoms with Gasteiger partial charge in [0.05, 0.1) is 24.3 Å². The van der Waals surface area contributed by atoms with Gasteiger partial charge in [-0.1, -0.05) is 29.8 Å². The third kappa shape index (κ3) is 3.80. The van der Waals surface area contributed by atoms with Crippen molar-refractivity contribution in [1.82, 2.24) is 4.90 Å². The Morgan fingerprint density at radius 2 is 1.77 bits per heavy atom. The average Bonchev–Trinajstić information content (AvgIpc) is 3.11. The fourth-order valence-electron chi connectivity index (χ4n) is 4.52. The number of hydrogen-bond donors (Lipinski definition) is 2. The second kappa shape index (κ2) is 9.07. The highest BCUT2D eigenvalue weighted by atomic mass is 35.5. The number of fused-ring (bicyclic) bond motifs is 1. The topological polar surface area (TPSA) is 111 Å². The molecule has 1 heterocycles. The van der Waals surface area contributed by atoms with Crippen molar-refractivity contribution in [2.24, 2.45) is 0 Å². The zero-order chi connectivity index (χ0) is 25.5. The highest BCUT2D eigenvalue weighted by molar-refractivity contribution is 7.91. The molecule has 0 saturated carbocycles. The molecule has 35 heavy (non-hydrogen) atoms. The number of amides is 1. The lowest BCUT2D eigenvalue weighted by Crippen LogP contribution is -2.48. The van der Waals surface area contributed by atoms with Gasteiger partial charge in [0, 0.05) is 34.0 Å². The predicted molar refractivity (Wildman–Crippen MR) is 135 cm³/mol. The molecule has 3 aromatic carbocycles. The number of rotatable bonds is 7. The molecular weight excluding hydrogens is 490 g/mol. The number of nitrogen functional groups attached to an aromatic ring is 1. The SMILES string of the molecule is CCOc1cc2c(c(S(=O)(=O)c3ccc(N)cc3OC)c1)NC(=O)C2(c1ccccc1Cl)N(C)C. The van der Waals surface area contributed by atoms with E-state index in [2.05, 4.69) is 5.32 Å². The highest BCUT2D eigenvalue weighted by Crippen LogP contribution is 2.51. The van der Waals surface area contributed by atoms with E-state index in [4.69, 9.17) is 26.8 Å². The molecule has 1 atom stereocenters. The van der Waals surface area contributed by atoms with E-state index in [0.29, 0.717) is 34.2 Å². The standard InChI is InChI=1S/C25H26ClN3O5S/c1-5-34-16-13-18-23(22(14-16)35(31,32)21-11-10-15(27)12-20(21)33-4)28-24(30)25(18,29(2)3)17-8-6-7-9-19(17)26/h6-14H,5,27H2,1-4H3,(H,28,30). The van der Waals surface area contributed by atoms with Crippen LogP contribution in [-0.4, -0.2) is 47.0 Å². The number of carbonyl (C=O) groups excluding carboxylic acids is 1. The lowest BCUT2D eigenvalue weighted by molar-refractivity contribution is -0.123. The van der Waals surface area contributed by atoms with Gasteiger partial charge >= 0.3 is 0 Å². The normalized spacial score (nSPS) is 17.3. The molecule has 0 aliphatic carbocycles. The summed E-state index contributed by atoms with van der Waals surface area (Å²) in [5, 5.41) is 3.19. The maximum Gasteiger partial charge on any atom is 0.254 e. The van der Waals surface area contributed by atoms with Crippen LogP contribution in [0, 0.1) is 0 Å². The van der Waals surface area contributed by atoms with Crippen molar-refractivity contribution < 1.29 is 22.7 Å². The van der Waals surface area contributed by atoms with Crippen molar-refractivity contribution in [3.8, 4) is 11.5 Å². The minimum absolute atomic E-state index is 0.0839. The Bertz CT molecular complexity index is 1420. The summed E-state index contributed by atoms with van der Waals surface area (Å²) in [5.74, 6) is -0.0381. The van der Waals surface area contributed by atoms with Gasteiger partial charge in [-0.05, 0) is 45.3 Å². The van der Waals surface area contributed by atoms with Gasteiger partial charge in [0.2, 0.25) is 9.84 Å². The van der Waals surface area contributed by atoms with Crippen molar-refractivity contribution >= 4 is 38.7 Å². The van der Waals surface area contributed by atoms with Crippen molar-refractivity contribution in [2.45, 2.75) is 22.3 Å². The Hall–Kier alpha value is -3.27. The van der Waals surface area contributed by atoms with Crippen LogP contribution in [0.15, 0.2) is 64.4 Å². The molecule has 0 bridgehead atoms. The monoisotopic (exact) mass is 515 g/mol. The van der Waals surface area contributed by atoms with Gasteiger partial charge in [-0.2, -0.15) is 0 Å². The van der Waals surface area contributed by atoms with E-state index in [1.807, 2.05) is 0 Å². The summed E-state index contributed by atoms with van der Waals surface area (Å²) in [7, 11) is 0.660. The van der Waals surface area contributed by atoms with Crippen LogP contribution in [0.2, 0.25) is 5.02 Å². The molecule has 0 radical (unpaired) electrons. The number of nitrogens with one attached hydrogen (secondary N) is 1. The van der Waals surface area contributed by atoms with Gasteiger partial charge in [-0.15, -0.1) is 0 Å². The van der Waals surface area contributed by atoms with Gasteiger partial charge < -0.3 is 20.5 Å². The van der Waals surface area contributed by atoms with Gasteiger partial charge in [0.1, 0.15) is 16.4 Å². The molecule has 1 aliphatic heterocycles. The van der Waals surface area contributed by atoms with Crippen LogP contribution in [0.5, 0.6) is 11.5 Å². The van der Waals surface area contributed by atoms with E-state index in [-0.39, 0.29) is 21.2 Å². The van der Waals surface area contributed by atoms with Gasteiger partial charge in [-0.25, -0.2) is 8.42 Å². The van der Waals surface area contributed by atoms with E-state index in [1.54, 1.807) is 56.3 Å². The Kier molecular flexibility index (Phi) is 6.44. The summed E-state index contributed by atoms with van der Waals surface area (Å²) >= 11 is 6.57. The average molecular weight is 516 g/mol. The molecule has 4 rings (SSSR count). The number of halogens is 1. The molecular formula is C25H26ClN3O5S. The second-order valence-electron chi connectivity index (χ2n) is 8.23. The van der Waals surface area contributed by atoms with Gasteiger partial charge in [0.25, 0.3) is 5.91 Å². The van der Waals surface area contributed by atoms with Gasteiger partial charge in [0.15, 0.2) is 5.54 Å². The molecule has 8 nitrogen and oxygen atoms in total. The number of ether oxygens (including phenoxy) is 2. The third-order valence-corrected chi connectivity index (χ3v) is 8.19. The quantitative estimate of drug-likeness (QED) is 0.459. The van der Waals surface area contributed by atoms with Crippen LogP contribution in [-0.2, 0) is 20.2 Å². The summed E-state index contributed by atoms with van der Waals surface area (Å²) in [5.41, 5.74) is 5.89. The summed E-state index contributed by atoms with van der Waals surface area (Å²) in [6, 6.07) is 14.4. The Morgan fingerprint density at radius 3 is 2.40 bits per heavy atom. The van der Waals surface area contributed by atoms with Crippen molar-refractivity contribution in [3.05, 3.63) is 70.7 Å². The van der Waals surface area contributed by atoms with Crippen molar-refractivity contribution in [3.63, 3.8) is 0 Å². The first-order chi connectivity index (χ1) is 16.6. The zero-order valence-electron chi connectivity index (χ0n) is 19.8. The Morgan fingerprint density at radius 1 is 1.06 bits per heavy atom. The second-order valence-corrected chi connectivity index (χ2v) is 10.5. The fourth-order valence-corrected chi connectivity index (χ4v) is 6.39. The maximum atomic E-state index is 14.0. The summed E-state index contributed by atoms with van der Waals surface area (Å²) in [4.78, 5) is 15.2. The molecule has 3 aromatic rings. The van der Waals surface area contributed by atoms with Crippen molar-refractivity contribution in [2.75, 3.05) is 38.9 Å². The number of methoxy groups -OCH3 is 1. The zero-order valence-corrected chi connectivity index (χ0v) is 21.3. The maximum absolute atomic E-state index is 14.0. The predicted octanol–water partition coefficient (Wildman–Crippen LogP) is 3.92. The highest BCUT2D eigenvalue weighted by Gasteiger charge is 2.53. The number of likely N-dealkylation sites (N-methyl/N-ethyl adjacent to an activating group) is 1. The van der Waals surface area contributed by atoms with E-state index < -0.39 is 21.3 Å². The molecule has 0 aromatic heterocycles. The minimum Gasteiger partial charge on any atom is -0.495 e. The van der Waals surface area contributed by atoms with Crippen molar-refractivity contribution in [1.29, 1.82) is 0 Å². The van der Waals surface area contributed by atoms with Crippen LogP contribution in [0.25, 0.3) is 0 Å².